The lowest BCUT2D eigenvalue weighted by atomic mass is 10.0. The van der Waals surface area contributed by atoms with Crippen molar-refractivity contribution >= 4 is 10.0 Å². The Morgan fingerprint density at radius 2 is 1.89 bits per heavy atom. The van der Waals surface area contributed by atoms with Crippen LogP contribution in [-0.2, 0) is 14.8 Å². The standard InChI is InChI=1S/C19H22F2N2O3S/c1-14-5-6-17(21)19(11-14)27(24,25)22-13-18(23-7-9-26-10-8-23)15-3-2-4-16(20)12-15/h2-6,11-12,18,22H,7-10,13H2,1H3. The zero-order valence-corrected chi connectivity index (χ0v) is 15.8. The molecule has 1 fully saturated rings. The first kappa shape index (κ1) is 19.9. The Kier molecular flexibility index (Phi) is 6.21. The van der Waals surface area contributed by atoms with Gasteiger partial charge in [-0.05, 0) is 42.3 Å². The first-order valence-electron chi connectivity index (χ1n) is 8.70. The summed E-state index contributed by atoms with van der Waals surface area (Å²) < 4.78 is 60.8. The number of hydrogen-bond donors (Lipinski definition) is 1. The highest BCUT2D eigenvalue weighted by Gasteiger charge is 2.26. The Bertz CT molecular complexity index is 900. The van der Waals surface area contributed by atoms with Crippen molar-refractivity contribution in [2.24, 2.45) is 0 Å². The largest absolute Gasteiger partial charge is 0.379 e. The zero-order chi connectivity index (χ0) is 19.4. The van der Waals surface area contributed by atoms with E-state index in [2.05, 4.69) is 4.72 Å². The van der Waals surface area contributed by atoms with Gasteiger partial charge in [-0.3, -0.25) is 4.90 Å². The summed E-state index contributed by atoms with van der Waals surface area (Å²) >= 11 is 0. The molecule has 1 saturated heterocycles. The van der Waals surface area contributed by atoms with E-state index in [0.717, 1.165) is 6.07 Å². The van der Waals surface area contributed by atoms with E-state index in [1.807, 2.05) is 4.90 Å². The SMILES string of the molecule is Cc1ccc(F)c(S(=O)(=O)NCC(c2cccc(F)c2)N2CCOCC2)c1. The monoisotopic (exact) mass is 396 g/mol. The highest BCUT2D eigenvalue weighted by molar-refractivity contribution is 7.89. The van der Waals surface area contributed by atoms with Crippen LogP contribution in [0.4, 0.5) is 8.78 Å². The molecule has 3 rings (SSSR count). The van der Waals surface area contributed by atoms with Crippen LogP contribution >= 0.6 is 0 Å². The number of sulfonamides is 1. The van der Waals surface area contributed by atoms with Crippen LogP contribution < -0.4 is 4.72 Å². The Labute approximate surface area is 158 Å². The summed E-state index contributed by atoms with van der Waals surface area (Å²) in [6.07, 6.45) is 0. The predicted octanol–water partition coefficient (Wildman–Crippen LogP) is 2.63. The summed E-state index contributed by atoms with van der Waals surface area (Å²) in [5.41, 5.74) is 1.30. The third-order valence-electron chi connectivity index (χ3n) is 4.56. The van der Waals surface area contributed by atoms with Crippen molar-refractivity contribution in [1.82, 2.24) is 9.62 Å². The van der Waals surface area contributed by atoms with Gasteiger partial charge >= 0.3 is 0 Å². The van der Waals surface area contributed by atoms with Crippen molar-refractivity contribution in [3.05, 3.63) is 65.2 Å². The zero-order valence-electron chi connectivity index (χ0n) is 15.0. The summed E-state index contributed by atoms with van der Waals surface area (Å²) in [6.45, 7) is 3.93. The molecule has 0 amide bonds. The molecule has 2 aromatic rings. The minimum absolute atomic E-state index is 0.000825. The molecular weight excluding hydrogens is 374 g/mol. The summed E-state index contributed by atoms with van der Waals surface area (Å²) in [5, 5.41) is 0. The van der Waals surface area contributed by atoms with Crippen molar-refractivity contribution in [2.75, 3.05) is 32.8 Å². The van der Waals surface area contributed by atoms with Crippen molar-refractivity contribution < 1.29 is 21.9 Å². The molecule has 1 aliphatic rings. The maximum atomic E-state index is 14.0. The van der Waals surface area contributed by atoms with Crippen LogP contribution in [0, 0.1) is 18.6 Å². The van der Waals surface area contributed by atoms with E-state index in [-0.39, 0.29) is 17.5 Å². The summed E-state index contributed by atoms with van der Waals surface area (Å²) in [5.74, 6) is -1.19. The fourth-order valence-electron chi connectivity index (χ4n) is 3.14. The summed E-state index contributed by atoms with van der Waals surface area (Å²) in [4.78, 5) is 1.65. The normalized spacial score (nSPS) is 17.0. The first-order chi connectivity index (χ1) is 12.9. The number of hydrogen-bond acceptors (Lipinski definition) is 4. The minimum Gasteiger partial charge on any atom is -0.379 e. The molecule has 146 valence electrons. The maximum absolute atomic E-state index is 14.0. The van der Waals surface area contributed by atoms with E-state index >= 15 is 0 Å². The molecule has 1 heterocycles. The summed E-state index contributed by atoms with van der Waals surface area (Å²) in [7, 11) is -4.04. The smallest absolute Gasteiger partial charge is 0.243 e. The third kappa shape index (κ3) is 4.90. The number of nitrogens with zero attached hydrogens (tertiary/aromatic N) is 1. The van der Waals surface area contributed by atoms with Crippen LogP contribution in [0.2, 0.25) is 0 Å². The Balaban J connectivity index is 1.84. The van der Waals surface area contributed by atoms with E-state index in [0.29, 0.717) is 37.4 Å². The van der Waals surface area contributed by atoms with Crippen LogP contribution in [0.15, 0.2) is 47.4 Å². The fraction of sp³-hybridized carbons (Fsp3) is 0.368. The highest BCUT2D eigenvalue weighted by atomic mass is 32.2. The van der Waals surface area contributed by atoms with Crippen LogP contribution in [0.3, 0.4) is 0 Å². The van der Waals surface area contributed by atoms with Crippen LogP contribution in [0.1, 0.15) is 17.2 Å². The van der Waals surface area contributed by atoms with Gasteiger partial charge in [-0.25, -0.2) is 21.9 Å². The van der Waals surface area contributed by atoms with Gasteiger partial charge in [0.05, 0.1) is 13.2 Å². The Morgan fingerprint density at radius 1 is 1.15 bits per heavy atom. The second-order valence-electron chi connectivity index (χ2n) is 6.50. The van der Waals surface area contributed by atoms with Gasteiger partial charge < -0.3 is 4.74 Å². The average Bonchev–Trinajstić information content (AvgIpc) is 2.65. The molecule has 0 aromatic heterocycles. The van der Waals surface area contributed by atoms with Crippen LogP contribution in [0.5, 0.6) is 0 Å². The number of rotatable bonds is 6. The van der Waals surface area contributed by atoms with E-state index in [1.54, 1.807) is 19.1 Å². The second kappa shape index (κ2) is 8.43. The van der Waals surface area contributed by atoms with Gasteiger partial charge in [0.1, 0.15) is 16.5 Å². The molecule has 5 nitrogen and oxygen atoms in total. The average molecular weight is 396 g/mol. The van der Waals surface area contributed by atoms with Gasteiger partial charge in [0.15, 0.2) is 0 Å². The lowest BCUT2D eigenvalue weighted by Gasteiger charge is -2.34. The molecule has 1 unspecified atom stereocenters. The molecule has 27 heavy (non-hydrogen) atoms. The Hall–Kier alpha value is -1.87. The van der Waals surface area contributed by atoms with Gasteiger partial charge in [0.25, 0.3) is 0 Å². The number of nitrogens with one attached hydrogen (secondary N) is 1. The molecule has 0 aliphatic carbocycles. The molecule has 8 heteroatoms. The van der Waals surface area contributed by atoms with Gasteiger partial charge in [0.2, 0.25) is 10.0 Å². The Morgan fingerprint density at radius 3 is 2.59 bits per heavy atom. The third-order valence-corrected chi connectivity index (χ3v) is 6.00. The van der Waals surface area contributed by atoms with Crippen molar-refractivity contribution in [3.63, 3.8) is 0 Å². The quantitative estimate of drug-likeness (QED) is 0.816. The highest BCUT2D eigenvalue weighted by Crippen LogP contribution is 2.23. The molecule has 2 aromatic carbocycles. The van der Waals surface area contributed by atoms with E-state index < -0.39 is 21.7 Å². The van der Waals surface area contributed by atoms with Gasteiger partial charge in [0, 0.05) is 25.7 Å². The number of ether oxygens (including phenoxy) is 1. The molecule has 0 bridgehead atoms. The van der Waals surface area contributed by atoms with Crippen molar-refractivity contribution in [1.29, 1.82) is 0 Å². The number of benzene rings is 2. The minimum atomic E-state index is -4.04. The van der Waals surface area contributed by atoms with Crippen LogP contribution in [0.25, 0.3) is 0 Å². The molecule has 1 atom stereocenters. The molecule has 0 spiro atoms. The second-order valence-corrected chi connectivity index (χ2v) is 8.24. The number of morpholine rings is 1. The number of halogens is 2. The van der Waals surface area contributed by atoms with Crippen molar-refractivity contribution in [3.8, 4) is 0 Å². The maximum Gasteiger partial charge on any atom is 0.243 e. The van der Waals surface area contributed by atoms with Crippen LogP contribution in [-0.4, -0.2) is 46.2 Å². The van der Waals surface area contributed by atoms with Gasteiger partial charge in [-0.2, -0.15) is 0 Å². The topological polar surface area (TPSA) is 58.6 Å². The fourth-order valence-corrected chi connectivity index (χ4v) is 4.34. The lowest BCUT2D eigenvalue weighted by molar-refractivity contribution is 0.0171. The molecular formula is C19H22F2N2O3S. The van der Waals surface area contributed by atoms with E-state index in [9.17, 15) is 17.2 Å². The summed E-state index contributed by atoms with van der Waals surface area (Å²) in [6, 6.07) is 9.63. The van der Waals surface area contributed by atoms with Crippen molar-refractivity contribution in [2.45, 2.75) is 17.9 Å². The molecule has 0 radical (unpaired) electrons. The molecule has 1 aliphatic heterocycles. The molecule has 0 saturated carbocycles. The van der Waals surface area contributed by atoms with E-state index in [1.165, 1.54) is 24.3 Å². The lowest BCUT2D eigenvalue weighted by Crippen LogP contribution is -2.43. The first-order valence-corrected chi connectivity index (χ1v) is 10.2. The predicted molar refractivity (Wildman–Crippen MR) is 97.9 cm³/mol. The van der Waals surface area contributed by atoms with Gasteiger partial charge in [-0.15, -0.1) is 0 Å². The van der Waals surface area contributed by atoms with Gasteiger partial charge in [-0.1, -0.05) is 18.2 Å². The van der Waals surface area contributed by atoms with E-state index in [4.69, 9.17) is 4.74 Å². The number of aryl methyl sites for hydroxylation is 1. The molecule has 1 N–H and O–H groups in total.